The third kappa shape index (κ3) is 3.46. The predicted octanol–water partition coefficient (Wildman–Crippen LogP) is 3.14. The highest BCUT2D eigenvalue weighted by atomic mass is 35.5. The van der Waals surface area contributed by atoms with Gasteiger partial charge in [0.1, 0.15) is 0 Å². The molecule has 1 saturated heterocycles. The molecule has 1 aliphatic heterocycles. The van der Waals surface area contributed by atoms with Gasteiger partial charge in [0, 0.05) is 24.0 Å². The second-order valence-electron chi connectivity index (χ2n) is 5.44. The van der Waals surface area contributed by atoms with Gasteiger partial charge in [-0.15, -0.1) is 0 Å². The van der Waals surface area contributed by atoms with Crippen LogP contribution in [-0.2, 0) is 0 Å². The second kappa shape index (κ2) is 6.77. The van der Waals surface area contributed by atoms with Gasteiger partial charge in [-0.25, -0.2) is 0 Å². The number of likely N-dealkylation sites (tertiary alicyclic amines) is 1. The lowest BCUT2D eigenvalue weighted by molar-refractivity contribution is -0.00138. The summed E-state index contributed by atoms with van der Waals surface area (Å²) in [5, 5.41) is 10.2. The summed E-state index contributed by atoms with van der Waals surface area (Å²) in [6, 6.07) is 0.576. The van der Waals surface area contributed by atoms with E-state index in [1.165, 1.54) is 38.5 Å². The molecule has 0 aromatic carbocycles. The quantitative estimate of drug-likeness (QED) is 0.840. The van der Waals surface area contributed by atoms with Crippen LogP contribution in [0.2, 0.25) is 0 Å². The fourth-order valence-electron chi connectivity index (χ4n) is 3.49. The Morgan fingerprint density at radius 1 is 1.12 bits per heavy atom. The van der Waals surface area contributed by atoms with Gasteiger partial charge in [-0.05, 0) is 32.2 Å². The Balaban J connectivity index is 1.98. The topological polar surface area (TPSA) is 23.5 Å². The largest absolute Gasteiger partial charge is 0.393 e. The summed E-state index contributed by atoms with van der Waals surface area (Å²) in [4.78, 5) is 2.52. The first kappa shape index (κ1) is 13.4. The van der Waals surface area contributed by atoms with Crippen LogP contribution < -0.4 is 0 Å². The van der Waals surface area contributed by atoms with Crippen LogP contribution in [0.3, 0.4) is 0 Å². The third-order valence-electron chi connectivity index (χ3n) is 4.37. The summed E-state index contributed by atoms with van der Waals surface area (Å²) < 4.78 is 0. The molecule has 1 N–H and O–H groups in total. The van der Waals surface area contributed by atoms with E-state index in [0.717, 1.165) is 19.5 Å². The van der Waals surface area contributed by atoms with Crippen LogP contribution in [0.15, 0.2) is 11.6 Å². The van der Waals surface area contributed by atoms with Gasteiger partial charge in [-0.3, -0.25) is 4.90 Å². The predicted molar refractivity (Wildman–Crippen MR) is 72.2 cm³/mol. The lowest BCUT2D eigenvalue weighted by Gasteiger charge is -2.43. The number of rotatable bonds is 3. The minimum absolute atomic E-state index is 0.0747. The number of halogens is 1. The lowest BCUT2D eigenvalue weighted by Crippen LogP contribution is -2.48. The van der Waals surface area contributed by atoms with Crippen LogP contribution in [0.5, 0.6) is 0 Å². The van der Waals surface area contributed by atoms with Crippen molar-refractivity contribution in [2.24, 2.45) is 5.92 Å². The Kier molecular flexibility index (Phi) is 5.33. The number of piperidine rings is 1. The summed E-state index contributed by atoms with van der Waals surface area (Å²) in [5.74, 6) is 0.493. The summed E-state index contributed by atoms with van der Waals surface area (Å²) in [7, 11) is 0. The highest BCUT2D eigenvalue weighted by Crippen LogP contribution is 2.33. The van der Waals surface area contributed by atoms with Crippen LogP contribution in [0.1, 0.15) is 44.9 Å². The van der Waals surface area contributed by atoms with Gasteiger partial charge in [0.2, 0.25) is 0 Å². The van der Waals surface area contributed by atoms with Crippen molar-refractivity contribution >= 4 is 11.6 Å². The smallest absolute Gasteiger partial charge is 0.0583 e. The van der Waals surface area contributed by atoms with Crippen molar-refractivity contribution in [3.8, 4) is 0 Å². The molecule has 3 atom stereocenters. The molecule has 0 amide bonds. The van der Waals surface area contributed by atoms with Crippen molar-refractivity contribution in [3.63, 3.8) is 0 Å². The zero-order chi connectivity index (χ0) is 12.1. The highest BCUT2D eigenvalue weighted by molar-refractivity contribution is 6.25. The molecule has 2 fully saturated rings. The molecule has 2 rings (SSSR count). The maximum atomic E-state index is 10.2. The fourth-order valence-corrected chi connectivity index (χ4v) is 3.57. The van der Waals surface area contributed by atoms with Crippen LogP contribution in [0.4, 0.5) is 0 Å². The summed E-state index contributed by atoms with van der Waals surface area (Å²) in [6.07, 6.45) is 10.5. The molecule has 0 radical (unpaired) electrons. The number of hydrogen-bond acceptors (Lipinski definition) is 2. The van der Waals surface area contributed by atoms with E-state index >= 15 is 0 Å². The zero-order valence-electron chi connectivity index (χ0n) is 10.5. The third-order valence-corrected chi connectivity index (χ3v) is 4.55. The van der Waals surface area contributed by atoms with Crippen LogP contribution >= 0.6 is 11.6 Å². The Morgan fingerprint density at radius 2 is 1.88 bits per heavy atom. The first-order valence-electron chi connectivity index (χ1n) is 7.00. The molecule has 3 unspecified atom stereocenters. The van der Waals surface area contributed by atoms with Gasteiger partial charge in [-0.2, -0.15) is 0 Å². The molecular formula is C14H24ClNO. The Morgan fingerprint density at radius 3 is 2.65 bits per heavy atom. The first-order chi connectivity index (χ1) is 8.33. The van der Waals surface area contributed by atoms with Crippen molar-refractivity contribution in [2.75, 3.05) is 13.1 Å². The molecule has 0 aromatic heterocycles. The molecule has 3 heteroatoms. The van der Waals surface area contributed by atoms with Crippen LogP contribution in [0, 0.1) is 5.92 Å². The van der Waals surface area contributed by atoms with E-state index < -0.39 is 0 Å². The zero-order valence-corrected chi connectivity index (χ0v) is 11.3. The standard InChI is InChI=1S/C14H24ClNO/c15-9-5-11-16-10-4-3-7-13(16)12-6-1-2-8-14(12)17/h5,9,12-14,17H,1-4,6-8,10-11H2/b9-5+. The van der Waals surface area contributed by atoms with Crippen molar-refractivity contribution in [1.29, 1.82) is 0 Å². The van der Waals surface area contributed by atoms with Crippen molar-refractivity contribution in [2.45, 2.75) is 57.1 Å². The molecule has 98 valence electrons. The fraction of sp³-hybridized carbons (Fsp3) is 0.857. The summed E-state index contributed by atoms with van der Waals surface area (Å²) in [6.45, 7) is 2.10. The van der Waals surface area contributed by atoms with Crippen molar-refractivity contribution in [1.82, 2.24) is 4.90 Å². The Bertz CT molecular complexity index is 257. The molecule has 1 heterocycles. The van der Waals surface area contributed by atoms with Crippen LogP contribution in [0.25, 0.3) is 0 Å². The minimum atomic E-state index is -0.0747. The van der Waals surface area contributed by atoms with Gasteiger partial charge in [0.25, 0.3) is 0 Å². The summed E-state index contributed by atoms with van der Waals surface area (Å²) >= 11 is 5.63. The second-order valence-corrected chi connectivity index (χ2v) is 5.69. The molecular weight excluding hydrogens is 234 g/mol. The molecule has 1 saturated carbocycles. The van der Waals surface area contributed by atoms with Crippen LogP contribution in [-0.4, -0.2) is 35.2 Å². The maximum absolute atomic E-state index is 10.2. The van der Waals surface area contributed by atoms with Gasteiger partial charge < -0.3 is 5.11 Å². The van der Waals surface area contributed by atoms with E-state index in [2.05, 4.69) is 4.90 Å². The van der Waals surface area contributed by atoms with E-state index in [-0.39, 0.29) is 6.10 Å². The summed E-state index contributed by atoms with van der Waals surface area (Å²) in [5.41, 5.74) is 1.61. The van der Waals surface area contributed by atoms with Gasteiger partial charge in [-0.1, -0.05) is 36.9 Å². The maximum Gasteiger partial charge on any atom is 0.0583 e. The van der Waals surface area contributed by atoms with E-state index in [1.54, 1.807) is 5.54 Å². The lowest BCUT2D eigenvalue weighted by atomic mass is 9.78. The van der Waals surface area contributed by atoms with E-state index in [9.17, 15) is 5.11 Å². The minimum Gasteiger partial charge on any atom is -0.393 e. The normalized spacial score (nSPS) is 36.5. The molecule has 0 spiro atoms. The molecule has 2 nitrogen and oxygen atoms in total. The number of nitrogens with zero attached hydrogens (tertiary/aromatic N) is 1. The molecule has 17 heavy (non-hydrogen) atoms. The van der Waals surface area contributed by atoms with E-state index in [4.69, 9.17) is 11.6 Å². The van der Waals surface area contributed by atoms with E-state index in [0.29, 0.717) is 12.0 Å². The molecule has 1 aliphatic carbocycles. The molecule has 2 aliphatic rings. The molecule has 0 aromatic rings. The highest BCUT2D eigenvalue weighted by Gasteiger charge is 2.34. The number of hydrogen-bond donors (Lipinski definition) is 1. The number of aliphatic hydroxyl groups is 1. The van der Waals surface area contributed by atoms with Crippen molar-refractivity contribution in [3.05, 3.63) is 11.6 Å². The van der Waals surface area contributed by atoms with Gasteiger partial charge in [0.15, 0.2) is 0 Å². The number of aliphatic hydroxyl groups excluding tert-OH is 1. The van der Waals surface area contributed by atoms with E-state index in [1.807, 2.05) is 6.08 Å². The first-order valence-corrected chi connectivity index (χ1v) is 7.44. The SMILES string of the molecule is OC1CCCCC1C1CCCCN1C/C=C/Cl. The monoisotopic (exact) mass is 257 g/mol. The average Bonchev–Trinajstić information content (AvgIpc) is 2.37. The van der Waals surface area contributed by atoms with Gasteiger partial charge in [0.05, 0.1) is 6.10 Å². The Hall–Kier alpha value is -0.0500. The molecule has 0 bridgehead atoms. The Labute approximate surface area is 110 Å². The van der Waals surface area contributed by atoms with Crippen molar-refractivity contribution < 1.29 is 5.11 Å². The average molecular weight is 258 g/mol. The van der Waals surface area contributed by atoms with Gasteiger partial charge >= 0.3 is 0 Å².